The smallest absolute Gasteiger partial charge is 0.418 e. The van der Waals surface area contributed by atoms with Crippen LogP contribution in [0.2, 0.25) is 0 Å². The minimum Gasteiger partial charge on any atom is -0.495 e. The van der Waals surface area contributed by atoms with Crippen molar-refractivity contribution in [2.24, 2.45) is 10.9 Å². The van der Waals surface area contributed by atoms with Crippen molar-refractivity contribution in [1.29, 1.82) is 0 Å². The van der Waals surface area contributed by atoms with Gasteiger partial charge in [-0.3, -0.25) is 13.9 Å². The lowest BCUT2D eigenvalue weighted by atomic mass is 10.0. The number of benzene rings is 2. The molecule has 3 amide bonds. The van der Waals surface area contributed by atoms with Gasteiger partial charge in [-0.05, 0) is 63.3 Å². The molecule has 14 heteroatoms. The normalized spacial score (nSPS) is 17.3. The molecule has 2 aromatic carbocycles. The Hall–Kier alpha value is -3.62. The molecule has 2 aliphatic heterocycles. The third kappa shape index (κ3) is 9.67. The first kappa shape index (κ1) is 41.1. The Morgan fingerprint density at radius 2 is 1.71 bits per heavy atom. The fourth-order valence-electron chi connectivity index (χ4n) is 6.14. The second kappa shape index (κ2) is 18.9. The number of imide groups is 1. The highest BCUT2D eigenvalue weighted by atomic mass is 32.2. The largest absolute Gasteiger partial charge is 0.495 e. The number of carbonyl (C=O) groups excluding carboxylic acids is 3. The van der Waals surface area contributed by atoms with Crippen LogP contribution in [-0.4, -0.2) is 85.6 Å². The Labute approximate surface area is 313 Å². The van der Waals surface area contributed by atoms with Gasteiger partial charge in [0, 0.05) is 30.4 Å². The number of carbonyl (C=O) groups is 3. The van der Waals surface area contributed by atoms with Crippen molar-refractivity contribution in [3.63, 3.8) is 0 Å². The third-order valence-electron chi connectivity index (χ3n) is 9.21. The van der Waals surface area contributed by atoms with E-state index in [2.05, 4.69) is 31.1 Å². The summed E-state index contributed by atoms with van der Waals surface area (Å²) < 4.78 is 46.5. The molecule has 2 heterocycles. The van der Waals surface area contributed by atoms with Crippen LogP contribution < -0.4 is 10.1 Å². The first-order valence-electron chi connectivity index (χ1n) is 18.4. The fraction of sp³-hybridized carbons (Fsp3) is 0.579. The quantitative estimate of drug-likeness (QED) is 0.0997. The number of nitrogens with one attached hydrogen (secondary N) is 1. The van der Waals surface area contributed by atoms with Crippen LogP contribution in [0.4, 0.5) is 16.2 Å². The topological polar surface area (TPSA) is 144 Å². The average molecular weight is 759 g/mol. The van der Waals surface area contributed by atoms with E-state index in [4.69, 9.17) is 14.2 Å². The molecule has 12 nitrogen and oxygen atoms in total. The van der Waals surface area contributed by atoms with E-state index in [9.17, 15) is 22.8 Å². The summed E-state index contributed by atoms with van der Waals surface area (Å²) >= 11 is 1.58. The van der Waals surface area contributed by atoms with Crippen LogP contribution in [0.5, 0.6) is 5.75 Å². The van der Waals surface area contributed by atoms with Crippen molar-refractivity contribution in [1.82, 2.24) is 9.21 Å². The zero-order valence-electron chi connectivity index (χ0n) is 31.3. The maximum atomic E-state index is 14.7. The van der Waals surface area contributed by atoms with E-state index in [0.717, 1.165) is 66.3 Å². The van der Waals surface area contributed by atoms with Gasteiger partial charge < -0.3 is 19.5 Å². The first-order valence-corrected chi connectivity index (χ1v) is 20.8. The average Bonchev–Trinajstić information content (AvgIpc) is 3.32. The number of unbranched alkanes of at least 4 members (excludes halogenated alkanes) is 4. The number of cyclic esters (lactones) is 1. The Balaban J connectivity index is 1.75. The molecule has 1 N–H and O–H groups in total. The van der Waals surface area contributed by atoms with Crippen LogP contribution in [-0.2, 0) is 29.1 Å². The number of ether oxygens (including phenoxy) is 3. The number of nitrogens with zero attached hydrogens (tertiary/aromatic N) is 3. The van der Waals surface area contributed by atoms with Gasteiger partial charge in [0.15, 0.2) is 17.5 Å². The lowest BCUT2D eigenvalue weighted by molar-refractivity contribution is -0.137. The van der Waals surface area contributed by atoms with Crippen molar-refractivity contribution >= 4 is 56.9 Å². The molecule has 1 fully saturated rings. The predicted octanol–water partition coefficient (Wildman–Crippen LogP) is 7.79. The minimum atomic E-state index is -4.28. The number of rotatable bonds is 21. The number of thioether (sulfide) groups is 1. The number of fused-ring (bicyclic) bond motifs is 1. The number of amidine groups is 1. The molecule has 4 rings (SSSR count). The molecule has 52 heavy (non-hydrogen) atoms. The van der Waals surface area contributed by atoms with Crippen LogP contribution >= 0.6 is 11.8 Å². The number of aliphatic imine (C=N–C) groups is 1. The minimum absolute atomic E-state index is 0.0500. The molecular formula is C38H54N4O8S2. The van der Waals surface area contributed by atoms with Gasteiger partial charge in [0.05, 0.1) is 18.5 Å². The summed E-state index contributed by atoms with van der Waals surface area (Å²) in [4.78, 5) is 48.1. The third-order valence-corrected chi connectivity index (χ3v) is 12.4. The van der Waals surface area contributed by atoms with E-state index in [1.807, 2.05) is 12.1 Å². The number of amides is 3. The van der Waals surface area contributed by atoms with Crippen molar-refractivity contribution in [3.05, 3.63) is 42.5 Å². The Bertz CT molecular complexity index is 1700. The number of sulfonamides is 1. The predicted molar refractivity (Wildman–Crippen MR) is 204 cm³/mol. The Morgan fingerprint density at radius 3 is 2.38 bits per heavy atom. The molecular weight excluding hydrogens is 705 g/mol. The number of hydrogen-bond acceptors (Lipinski definition) is 10. The van der Waals surface area contributed by atoms with E-state index < -0.39 is 39.6 Å². The van der Waals surface area contributed by atoms with Gasteiger partial charge in [-0.15, -0.1) is 11.8 Å². The van der Waals surface area contributed by atoms with Gasteiger partial charge >= 0.3 is 6.09 Å². The van der Waals surface area contributed by atoms with E-state index >= 15 is 0 Å². The van der Waals surface area contributed by atoms with Gasteiger partial charge in [0.2, 0.25) is 0 Å². The summed E-state index contributed by atoms with van der Waals surface area (Å²) in [6, 6.07) is 9.78. The van der Waals surface area contributed by atoms with Crippen molar-refractivity contribution in [2.75, 3.05) is 37.9 Å². The highest BCUT2D eigenvalue weighted by molar-refractivity contribution is 7.99. The second-order valence-electron chi connectivity index (χ2n) is 13.5. The summed E-state index contributed by atoms with van der Waals surface area (Å²) in [7, 11) is -2.80. The van der Waals surface area contributed by atoms with E-state index in [0.29, 0.717) is 28.9 Å². The molecule has 0 bridgehead atoms. The maximum absolute atomic E-state index is 14.7. The zero-order chi connectivity index (χ0) is 37.9. The van der Waals surface area contributed by atoms with Gasteiger partial charge in [-0.1, -0.05) is 77.5 Å². The first-order chi connectivity index (χ1) is 24.9. The number of methoxy groups -OCH3 is 1. The SMILES string of the molecule is CCCCCCOCCCN1C(C(C(=O)Nc2c(OC)cccc2SCC(CC)CCCC)N2C(=O)OC(C)(C)C2=O)=Nc2ccccc2S1(=O)=O. The second-order valence-corrected chi connectivity index (χ2v) is 16.4. The van der Waals surface area contributed by atoms with Gasteiger partial charge in [0.1, 0.15) is 10.6 Å². The molecule has 0 aromatic heterocycles. The highest BCUT2D eigenvalue weighted by Gasteiger charge is 2.55. The summed E-state index contributed by atoms with van der Waals surface area (Å²) in [5.74, 6) is -0.316. The molecule has 2 unspecified atom stereocenters. The Morgan fingerprint density at radius 1 is 0.981 bits per heavy atom. The number of anilines is 1. The van der Waals surface area contributed by atoms with E-state index in [1.165, 1.54) is 33.1 Å². The highest BCUT2D eigenvalue weighted by Crippen LogP contribution is 2.39. The number of para-hydroxylation sites is 2. The summed E-state index contributed by atoms with van der Waals surface area (Å²) in [5, 5.41) is 2.92. The lowest BCUT2D eigenvalue weighted by Crippen LogP contribution is -2.59. The standard InChI is InChI=1S/C38H54N4O8S2/c1-7-10-12-15-24-49-25-17-23-41-34(39-28-19-13-14-22-31(28)52(41,46)47)33(42-36(44)38(4,5)50-37(42)45)35(43)40-32-29(48-6)20-16-21-30(32)51-26-27(9-3)18-11-8-2/h13-14,16,19-22,27,33H,7-12,15,17-18,23-26H2,1-6H3,(H,40,43). The molecule has 0 aliphatic carbocycles. The zero-order valence-corrected chi connectivity index (χ0v) is 32.9. The molecule has 1 saturated heterocycles. The van der Waals surface area contributed by atoms with Crippen LogP contribution in [0.3, 0.4) is 0 Å². The molecule has 2 aliphatic rings. The van der Waals surface area contributed by atoms with Crippen molar-refractivity contribution < 1.29 is 37.0 Å². The van der Waals surface area contributed by atoms with E-state index in [1.54, 1.807) is 30.0 Å². The lowest BCUT2D eigenvalue weighted by Gasteiger charge is -2.35. The van der Waals surface area contributed by atoms with Crippen LogP contribution in [0.1, 0.15) is 92.4 Å². The molecule has 2 aromatic rings. The molecule has 286 valence electrons. The van der Waals surface area contributed by atoms with Crippen LogP contribution in [0, 0.1) is 5.92 Å². The summed E-state index contributed by atoms with van der Waals surface area (Å²) in [6.45, 7) is 10.00. The monoisotopic (exact) mass is 758 g/mol. The fourth-order valence-corrected chi connectivity index (χ4v) is 9.05. The molecule has 0 saturated carbocycles. The number of hydrogen-bond donors (Lipinski definition) is 1. The molecule has 0 radical (unpaired) electrons. The molecule has 0 spiro atoms. The van der Waals surface area contributed by atoms with Crippen molar-refractivity contribution in [2.45, 2.75) is 114 Å². The summed E-state index contributed by atoms with van der Waals surface area (Å²) in [6.07, 6.45) is 7.65. The summed E-state index contributed by atoms with van der Waals surface area (Å²) in [5.41, 5.74) is -1.17. The van der Waals surface area contributed by atoms with Gasteiger partial charge in [0.25, 0.3) is 21.8 Å². The van der Waals surface area contributed by atoms with E-state index in [-0.39, 0.29) is 36.0 Å². The maximum Gasteiger partial charge on any atom is 0.418 e. The van der Waals surface area contributed by atoms with Crippen molar-refractivity contribution in [3.8, 4) is 5.75 Å². The molecule has 2 atom stereocenters. The van der Waals surface area contributed by atoms with Gasteiger partial charge in [-0.2, -0.15) is 0 Å². The van der Waals surface area contributed by atoms with Crippen LogP contribution in [0.15, 0.2) is 57.2 Å². The van der Waals surface area contributed by atoms with Crippen LogP contribution in [0.25, 0.3) is 0 Å². The van der Waals surface area contributed by atoms with Gasteiger partial charge in [-0.25, -0.2) is 23.1 Å². The Kier molecular flexibility index (Phi) is 15.0.